The van der Waals surface area contributed by atoms with E-state index < -0.39 is 29.7 Å². The Labute approximate surface area is 151 Å². The number of benzene rings is 1. The molecule has 1 rings (SSSR count). The Hall–Kier alpha value is -1.41. The largest absolute Gasteiger partial charge is 0.466 e. The molecule has 0 aliphatic carbocycles. The fourth-order valence-corrected chi connectivity index (χ4v) is 3.30. The van der Waals surface area contributed by atoms with Crippen molar-refractivity contribution in [1.29, 1.82) is 0 Å². The van der Waals surface area contributed by atoms with Crippen molar-refractivity contribution in [3.63, 3.8) is 0 Å². The molecule has 0 radical (unpaired) electrons. The maximum absolute atomic E-state index is 12.3. The quantitative estimate of drug-likeness (QED) is 0.624. The first kappa shape index (κ1) is 19.6. The maximum Gasteiger partial charge on any atom is 0.306 e. The third-order valence-electron chi connectivity index (χ3n) is 3.08. The summed E-state index contributed by atoms with van der Waals surface area (Å²) >= 11 is 6.59. The molecule has 0 saturated carbocycles. The number of carbonyl (C=O) groups excluding carboxylic acids is 3. The molecule has 0 aromatic heterocycles. The van der Waals surface area contributed by atoms with Crippen LogP contribution >= 0.6 is 31.9 Å². The van der Waals surface area contributed by atoms with Gasteiger partial charge < -0.3 is 15.8 Å². The van der Waals surface area contributed by atoms with Crippen LogP contribution in [0.1, 0.15) is 30.6 Å². The summed E-state index contributed by atoms with van der Waals surface area (Å²) in [4.78, 5) is 35.4. The van der Waals surface area contributed by atoms with Gasteiger partial charge in [0, 0.05) is 14.5 Å². The van der Waals surface area contributed by atoms with Gasteiger partial charge in [-0.2, -0.15) is 0 Å². The first-order valence-corrected chi connectivity index (χ1v) is 8.55. The molecule has 0 unspecified atom stereocenters. The summed E-state index contributed by atoms with van der Waals surface area (Å²) in [5.41, 5.74) is 5.71. The van der Waals surface area contributed by atoms with Crippen LogP contribution in [-0.2, 0) is 14.3 Å². The van der Waals surface area contributed by atoms with E-state index in [2.05, 4.69) is 37.2 Å². The van der Waals surface area contributed by atoms with E-state index >= 15 is 0 Å². The van der Waals surface area contributed by atoms with Gasteiger partial charge in [-0.05, 0) is 31.0 Å². The van der Waals surface area contributed by atoms with E-state index in [1.807, 2.05) is 0 Å². The van der Waals surface area contributed by atoms with Crippen molar-refractivity contribution >= 4 is 49.6 Å². The van der Waals surface area contributed by atoms with Gasteiger partial charge in [0.05, 0.1) is 13.0 Å². The maximum atomic E-state index is 12.3. The van der Waals surface area contributed by atoms with Gasteiger partial charge in [0.15, 0.2) is 0 Å². The third kappa shape index (κ3) is 6.31. The van der Waals surface area contributed by atoms with E-state index in [1.165, 1.54) is 0 Å². The summed E-state index contributed by atoms with van der Waals surface area (Å²) in [5, 5.41) is 2.57. The molecule has 0 bridgehead atoms. The zero-order valence-electron chi connectivity index (χ0n) is 12.8. The van der Waals surface area contributed by atoms with Crippen molar-refractivity contribution in [2.75, 3.05) is 6.61 Å². The molecule has 1 aromatic carbocycles. The number of carbonyl (C=O) groups is 3. The van der Waals surface area contributed by atoms with Gasteiger partial charge in [-0.15, -0.1) is 0 Å². The molecular formula is C15H18Br2N2O4. The molecule has 0 spiro atoms. The minimum absolute atomic E-state index is 0.0100. The Morgan fingerprint density at radius 1 is 1.22 bits per heavy atom. The first-order valence-electron chi connectivity index (χ1n) is 6.96. The van der Waals surface area contributed by atoms with Crippen molar-refractivity contribution in [1.82, 2.24) is 5.32 Å². The predicted molar refractivity (Wildman–Crippen MR) is 92.7 cm³/mol. The van der Waals surface area contributed by atoms with E-state index in [0.29, 0.717) is 14.5 Å². The molecule has 2 amide bonds. The topological polar surface area (TPSA) is 98.5 Å². The molecule has 2 atom stereocenters. The molecule has 6 nitrogen and oxygen atoms in total. The van der Waals surface area contributed by atoms with E-state index in [-0.39, 0.29) is 13.0 Å². The summed E-state index contributed by atoms with van der Waals surface area (Å²) in [6.07, 6.45) is -0.0100. The lowest BCUT2D eigenvalue weighted by Crippen LogP contribution is -2.49. The summed E-state index contributed by atoms with van der Waals surface area (Å²) in [5.74, 6) is -2.08. The van der Waals surface area contributed by atoms with Crippen LogP contribution in [0.2, 0.25) is 0 Å². The van der Waals surface area contributed by atoms with Gasteiger partial charge in [0.1, 0.15) is 6.04 Å². The highest BCUT2D eigenvalue weighted by Crippen LogP contribution is 2.20. The van der Waals surface area contributed by atoms with E-state index in [9.17, 15) is 14.4 Å². The Bertz CT molecular complexity index is 587. The van der Waals surface area contributed by atoms with Gasteiger partial charge in [-0.25, -0.2) is 0 Å². The van der Waals surface area contributed by atoms with Gasteiger partial charge in [-0.3, -0.25) is 14.4 Å². The number of hydrogen-bond donors (Lipinski definition) is 2. The lowest BCUT2D eigenvalue weighted by molar-refractivity contribution is -0.144. The number of hydrogen-bond acceptors (Lipinski definition) is 4. The molecule has 126 valence electrons. The lowest BCUT2D eigenvalue weighted by atomic mass is 9.97. The molecule has 23 heavy (non-hydrogen) atoms. The number of halogens is 2. The standard InChI is InChI=1S/C15H18Br2N2O4/c1-3-23-12(20)4-8(2)13(14(18)21)19-15(22)9-5-10(16)7-11(17)6-9/h5-8,13H,3-4H2,1-2H3,(H2,18,21)(H,19,22)/t8-,13-/m1/s1. The highest BCUT2D eigenvalue weighted by atomic mass is 79.9. The highest BCUT2D eigenvalue weighted by Gasteiger charge is 2.27. The van der Waals surface area contributed by atoms with Crippen LogP contribution in [0.3, 0.4) is 0 Å². The number of nitrogens with one attached hydrogen (secondary N) is 1. The molecule has 0 saturated heterocycles. The molecule has 8 heteroatoms. The predicted octanol–water partition coefficient (Wildman–Crippen LogP) is 2.38. The van der Waals surface area contributed by atoms with Crippen LogP contribution in [0.4, 0.5) is 0 Å². The Kier molecular flexibility index (Phi) is 7.70. The number of esters is 1. The smallest absolute Gasteiger partial charge is 0.306 e. The second-order valence-electron chi connectivity index (χ2n) is 5.00. The number of nitrogens with two attached hydrogens (primary N) is 1. The van der Waals surface area contributed by atoms with Crippen LogP contribution in [0.15, 0.2) is 27.1 Å². The van der Waals surface area contributed by atoms with Gasteiger partial charge in [-0.1, -0.05) is 38.8 Å². The highest BCUT2D eigenvalue weighted by molar-refractivity contribution is 9.11. The van der Waals surface area contributed by atoms with Crippen LogP contribution in [0.5, 0.6) is 0 Å². The van der Waals surface area contributed by atoms with Crippen LogP contribution in [0.25, 0.3) is 0 Å². The molecule has 1 aromatic rings. The molecule has 0 heterocycles. The number of ether oxygens (including phenoxy) is 1. The summed E-state index contributed by atoms with van der Waals surface area (Å²) in [6.45, 7) is 3.61. The van der Waals surface area contributed by atoms with Crippen molar-refractivity contribution in [2.45, 2.75) is 26.3 Å². The molecule has 0 aliphatic rings. The Morgan fingerprint density at radius 2 is 1.78 bits per heavy atom. The molecule has 0 fully saturated rings. The summed E-state index contributed by atoms with van der Waals surface area (Å²) < 4.78 is 6.28. The lowest BCUT2D eigenvalue weighted by Gasteiger charge is -2.21. The average molecular weight is 450 g/mol. The van der Waals surface area contributed by atoms with E-state index in [0.717, 1.165) is 0 Å². The number of amides is 2. The zero-order valence-corrected chi connectivity index (χ0v) is 15.9. The Balaban J connectivity index is 2.84. The fraction of sp³-hybridized carbons (Fsp3) is 0.400. The number of rotatable bonds is 7. The van der Waals surface area contributed by atoms with Crippen LogP contribution in [0, 0.1) is 5.92 Å². The van der Waals surface area contributed by atoms with Gasteiger partial charge >= 0.3 is 5.97 Å². The SMILES string of the molecule is CCOC(=O)C[C@@H](C)[C@@H](NC(=O)c1cc(Br)cc(Br)c1)C(N)=O. The van der Waals surface area contributed by atoms with Crippen molar-refractivity contribution in [3.05, 3.63) is 32.7 Å². The van der Waals surface area contributed by atoms with Gasteiger partial charge in [0.25, 0.3) is 5.91 Å². The third-order valence-corrected chi connectivity index (χ3v) is 4.00. The second-order valence-corrected chi connectivity index (χ2v) is 6.83. The monoisotopic (exact) mass is 448 g/mol. The minimum Gasteiger partial charge on any atom is -0.466 e. The number of primary amides is 1. The normalized spacial score (nSPS) is 13.0. The first-order chi connectivity index (χ1) is 10.7. The summed E-state index contributed by atoms with van der Waals surface area (Å²) in [6, 6.07) is 4.05. The van der Waals surface area contributed by atoms with Gasteiger partial charge in [0.2, 0.25) is 5.91 Å². The Morgan fingerprint density at radius 3 is 2.26 bits per heavy atom. The fourth-order valence-electron chi connectivity index (χ4n) is 2.00. The van der Waals surface area contributed by atoms with E-state index in [4.69, 9.17) is 10.5 Å². The van der Waals surface area contributed by atoms with Crippen LogP contribution < -0.4 is 11.1 Å². The summed E-state index contributed by atoms with van der Waals surface area (Å²) in [7, 11) is 0. The minimum atomic E-state index is -0.968. The zero-order chi connectivity index (χ0) is 17.6. The van der Waals surface area contributed by atoms with Crippen LogP contribution in [-0.4, -0.2) is 30.4 Å². The van der Waals surface area contributed by atoms with E-state index in [1.54, 1.807) is 32.0 Å². The van der Waals surface area contributed by atoms with Crippen molar-refractivity contribution in [3.8, 4) is 0 Å². The second kappa shape index (κ2) is 9.02. The van der Waals surface area contributed by atoms with Crippen molar-refractivity contribution in [2.24, 2.45) is 11.7 Å². The van der Waals surface area contributed by atoms with Crippen molar-refractivity contribution < 1.29 is 19.1 Å². The average Bonchev–Trinajstić information content (AvgIpc) is 2.42. The molecule has 3 N–H and O–H groups in total. The molecule has 0 aliphatic heterocycles. The molecular weight excluding hydrogens is 432 g/mol.